The molecular formula is C9H13NS. The third kappa shape index (κ3) is 1.82. The molecule has 60 valence electrons. The molecule has 0 aromatic carbocycles. The van der Waals surface area contributed by atoms with Gasteiger partial charge in [0.05, 0.1) is 0 Å². The van der Waals surface area contributed by atoms with E-state index in [4.69, 9.17) is 5.73 Å². The molecule has 0 spiro atoms. The van der Waals surface area contributed by atoms with E-state index in [1.165, 1.54) is 24.8 Å². The molecule has 1 saturated carbocycles. The topological polar surface area (TPSA) is 26.0 Å². The fraction of sp³-hybridized carbons (Fsp3) is 0.556. The van der Waals surface area contributed by atoms with E-state index in [1.807, 2.05) is 0 Å². The third-order valence-electron chi connectivity index (χ3n) is 2.26. The highest BCUT2D eigenvalue weighted by molar-refractivity contribution is 7.07. The van der Waals surface area contributed by atoms with Crippen molar-refractivity contribution < 1.29 is 0 Å². The largest absolute Gasteiger partial charge is 0.324 e. The lowest BCUT2D eigenvalue weighted by Crippen LogP contribution is -2.09. The maximum atomic E-state index is 5.99. The molecule has 0 saturated heterocycles. The van der Waals surface area contributed by atoms with Crippen molar-refractivity contribution in [3.63, 3.8) is 0 Å². The first kappa shape index (κ1) is 7.32. The average Bonchev–Trinajstić information content (AvgIpc) is 2.67. The normalized spacial score (nSPS) is 20.1. The van der Waals surface area contributed by atoms with Gasteiger partial charge in [0.15, 0.2) is 0 Å². The van der Waals surface area contributed by atoms with Crippen LogP contribution in [0, 0.1) is 5.92 Å². The molecule has 1 aliphatic rings. The Hall–Kier alpha value is -0.340. The number of hydrogen-bond donors (Lipinski definition) is 1. The van der Waals surface area contributed by atoms with Gasteiger partial charge in [0.1, 0.15) is 0 Å². The zero-order chi connectivity index (χ0) is 7.68. The monoisotopic (exact) mass is 167 g/mol. The van der Waals surface area contributed by atoms with Gasteiger partial charge >= 0.3 is 0 Å². The van der Waals surface area contributed by atoms with E-state index in [9.17, 15) is 0 Å². The van der Waals surface area contributed by atoms with Crippen molar-refractivity contribution in [2.24, 2.45) is 11.7 Å². The molecule has 1 heterocycles. The van der Waals surface area contributed by atoms with E-state index in [0.29, 0.717) is 6.04 Å². The molecule has 1 fully saturated rings. The maximum absolute atomic E-state index is 5.99. The second kappa shape index (κ2) is 2.95. The minimum absolute atomic E-state index is 0.300. The van der Waals surface area contributed by atoms with Crippen molar-refractivity contribution in [1.29, 1.82) is 0 Å². The Morgan fingerprint density at radius 2 is 2.45 bits per heavy atom. The molecule has 2 rings (SSSR count). The van der Waals surface area contributed by atoms with Gasteiger partial charge in [-0.1, -0.05) is 12.8 Å². The lowest BCUT2D eigenvalue weighted by molar-refractivity contribution is 0.598. The van der Waals surface area contributed by atoms with Crippen LogP contribution in [0.15, 0.2) is 16.8 Å². The highest BCUT2D eigenvalue weighted by Crippen LogP contribution is 2.36. The van der Waals surface area contributed by atoms with E-state index in [0.717, 1.165) is 5.92 Å². The van der Waals surface area contributed by atoms with Gasteiger partial charge in [-0.2, -0.15) is 11.3 Å². The van der Waals surface area contributed by atoms with Crippen molar-refractivity contribution in [3.8, 4) is 0 Å². The number of nitrogens with two attached hydrogens (primary N) is 1. The van der Waals surface area contributed by atoms with Crippen molar-refractivity contribution in [2.75, 3.05) is 0 Å². The summed E-state index contributed by atoms with van der Waals surface area (Å²) in [6, 6.07) is 2.44. The van der Waals surface area contributed by atoms with Crippen LogP contribution in [-0.2, 0) is 0 Å². The molecule has 0 bridgehead atoms. The Labute approximate surface area is 71.2 Å². The van der Waals surface area contributed by atoms with E-state index >= 15 is 0 Å². The summed E-state index contributed by atoms with van der Waals surface area (Å²) in [7, 11) is 0. The van der Waals surface area contributed by atoms with Crippen LogP contribution in [0.3, 0.4) is 0 Å². The standard InChI is InChI=1S/C9H13NS/c10-9(5-7-1-2-7)8-3-4-11-6-8/h3-4,6-7,9H,1-2,5,10H2/t9-/m1/s1. The Balaban J connectivity index is 1.93. The van der Waals surface area contributed by atoms with E-state index in [-0.39, 0.29) is 0 Å². The summed E-state index contributed by atoms with van der Waals surface area (Å²) < 4.78 is 0. The van der Waals surface area contributed by atoms with Crippen LogP contribution in [0.5, 0.6) is 0 Å². The summed E-state index contributed by atoms with van der Waals surface area (Å²) in [5.74, 6) is 0.935. The fourth-order valence-corrected chi connectivity index (χ4v) is 2.06. The summed E-state index contributed by atoms with van der Waals surface area (Å²) in [6.07, 6.45) is 3.99. The predicted molar refractivity (Wildman–Crippen MR) is 48.6 cm³/mol. The second-order valence-corrected chi connectivity index (χ2v) is 4.12. The lowest BCUT2D eigenvalue weighted by atomic mass is 10.1. The quantitative estimate of drug-likeness (QED) is 0.735. The van der Waals surface area contributed by atoms with Crippen LogP contribution < -0.4 is 5.73 Å². The molecular weight excluding hydrogens is 154 g/mol. The van der Waals surface area contributed by atoms with Gasteiger partial charge < -0.3 is 5.73 Å². The summed E-state index contributed by atoms with van der Waals surface area (Å²) in [5.41, 5.74) is 7.31. The van der Waals surface area contributed by atoms with Crippen LogP contribution in [-0.4, -0.2) is 0 Å². The van der Waals surface area contributed by atoms with Gasteiger partial charge in [0.25, 0.3) is 0 Å². The Bertz CT molecular complexity index is 213. The second-order valence-electron chi connectivity index (χ2n) is 3.34. The first-order chi connectivity index (χ1) is 5.36. The minimum Gasteiger partial charge on any atom is -0.324 e. The van der Waals surface area contributed by atoms with Crippen LogP contribution in [0.2, 0.25) is 0 Å². The highest BCUT2D eigenvalue weighted by Gasteiger charge is 2.24. The Morgan fingerprint density at radius 1 is 1.64 bits per heavy atom. The number of rotatable bonds is 3. The molecule has 1 atom stereocenters. The average molecular weight is 167 g/mol. The van der Waals surface area contributed by atoms with E-state index < -0.39 is 0 Å². The first-order valence-electron chi connectivity index (χ1n) is 4.14. The van der Waals surface area contributed by atoms with Crippen LogP contribution >= 0.6 is 11.3 Å². The number of thiophene rings is 1. The van der Waals surface area contributed by atoms with Crippen molar-refractivity contribution in [2.45, 2.75) is 25.3 Å². The minimum atomic E-state index is 0.300. The van der Waals surface area contributed by atoms with E-state index in [2.05, 4.69) is 16.8 Å². The van der Waals surface area contributed by atoms with Gasteiger partial charge in [0.2, 0.25) is 0 Å². The van der Waals surface area contributed by atoms with Crippen LogP contribution in [0.1, 0.15) is 30.9 Å². The van der Waals surface area contributed by atoms with Crippen molar-refractivity contribution >= 4 is 11.3 Å². The zero-order valence-corrected chi connectivity index (χ0v) is 7.31. The lowest BCUT2D eigenvalue weighted by Gasteiger charge is -2.07. The highest BCUT2D eigenvalue weighted by atomic mass is 32.1. The molecule has 0 unspecified atom stereocenters. The Kier molecular flexibility index (Phi) is 1.96. The van der Waals surface area contributed by atoms with Crippen molar-refractivity contribution in [3.05, 3.63) is 22.4 Å². The molecule has 2 N–H and O–H groups in total. The maximum Gasteiger partial charge on any atom is 0.0305 e. The van der Waals surface area contributed by atoms with E-state index in [1.54, 1.807) is 11.3 Å². The third-order valence-corrected chi connectivity index (χ3v) is 2.96. The molecule has 1 aliphatic carbocycles. The smallest absolute Gasteiger partial charge is 0.0305 e. The van der Waals surface area contributed by atoms with Crippen LogP contribution in [0.25, 0.3) is 0 Å². The van der Waals surface area contributed by atoms with Gasteiger partial charge in [0, 0.05) is 6.04 Å². The molecule has 1 aromatic rings. The van der Waals surface area contributed by atoms with Gasteiger partial charge in [-0.3, -0.25) is 0 Å². The summed E-state index contributed by atoms with van der Waals surface area (Å²) in [4.78, 5) is 0. The molecule has 0 amide bonds. The first-order valence-corrected chi connectivity index (χ1v) is 5.08. The molecule has 1 aromatic heterocycles. The van der Waals surface area contributed by atoms with Gasteiger partial charge in [-0.05, 0) is 34.7 Å². The fourth-order valence-electron chi connectivity index (χ4n) is 1.33. The molecule has 11 heavy (non-hydrogen) atoms. The summed E-state index contributed by atoms with van der Waals surface area (Å²) in [6.45, 7) is 0. The van der Waals surface area contributed by atoms with Crippen LogP contribution in [0.4, 0.5) is 0 Å². The molecule has 1 nitrogen and oxygen atoms in total. The summed E-state index contributed by atoms with van der Waals surface area (Å²) >= 11 is 1.74. The number of hydrogen-bond acceptors (Lipinski definition) is 2. The molecule has 0 radical (unpaired) electrons. The molecule has 0 aliphatic heterocycles. The molecule has 2 heteroatoms. The van der Waals surface area contributed by atoms with Gasteiger partial charge in [-0.25, -0.2) is 0 Å². The predicted octanol–water partition coefficient (Wildman–Crippen LogP) is 2.55. The Morgan fingerprint density at radius 3 is 3.00 bits per heavy atom. The summed E-state index contributed by atoms with van der Waals surface area (Å²) in [5, 5.41) is 4.26. The van der Waals surface area contributed by atoms with Crippen molar-refractivity contribution in [1.82, 2.24) is 0 Å². The zero-order valence-electron chi connectivity index (χ0n) is 6.49. The van der Waals surface area contributed by atoms with Gasteiger partial charge in [-0.15, -0.1) is 0 Å². The SMILES string of the molecule is N[C@H](CC1CC1)c1ccsc1.